The molecule has 1 aromatic heterocycles. The van der Waals surface area contributed by atoms with Crippen LogP contribution in [0.15, 0.2) is 24.1 Å². The van der Waals surface area contributed by atoms with Gasteiger partial charge < -0.3 is 15.0 Å². The van der Waals surface area contributed by atoms with E-state index in [9.17, 15) is 18.4 Å². The Morgan fingerprint density at radius 2 is 2.35 bits per heavy atom. The van der Waals surface area contributed by atoms with Crippen molar-refractivity contribution in [2.45, 2.75) is 25.3 Å². The molecule has 23 heavy (non-hydrogen) atoms. The van der Waals surface area contributed by atoms with Crippen molar-refractivity contribution in [3.8, 4) is 5.75 Å². The number of carbonyl (C=O) groups excluding carboxylic acids is 2. The van der Waals surface area contributed by atoms with Crippen molar-refractivity contribution in [3.05, 3.63) is 29.0 Å². The summed E-state index contributed by atoms with van der Waals surface area (Å²) in [6.45, 7) is 5.13. The molecule has 2 heterocycles. The molecule has 2 amide bonds. The first kappa shape index (κ1) is 17.4. The minimum absolute atomic E-state index is 0.0737. The Kier molecular flexibility index (Phi) is 5.35. The van der Waals surface area contributed by atoms with Gasteiger partial charge in [-0.2, -0.15) is 0 Å². The average molecular weight is 344 g/mol. The zero-order valence-electron chi connectivity index (χ0n) is 12.7. The van der Waals surface area contributed by atoms with Crippen molar-refractivity contribution in [2.75, 3.05) is 19.7 Å². The molecule has 1 aliphatic rings. The Labute approximate surface area is 136 Å². The van der Waals surface area contributed by atoms with Crippen LogP contribution < -0.4 is 10.1 Å². The van der Waals surface area contributed by atoms with Gasteiger partial charge in [0, 0.05) is 19.5 Å². The van der Waals surface area contributed by atoms with E-state index in [0.717, 1.165) is 6.08 Å². The second-order valence-electron chi connectivity index (χ2n) is 5.07. The summed E-state index contributed by atoms with van der Waals surface area (Å²) in [7, 11) is 0. The topological polar surface area (TPSA) is 58.6 Å². The SMILES string of the molecule is C=CC(=O)NC1CN(C(=O)c2sccc2OCC)CCC1(F)F. The normalized spacial score (nSPS) is 20.0. The first-order valence-electron chi connectivity index (χ1n) is 7.19. The van der Waals surface area contributed by atoms with Gasteiger partial charge in [0.15, 0.2) is 0 Å². The van der Waals surface area contributed by atoms with Gasteiger partial charge in [-0.1, -0.05) is 6.58 Å². The molecule has 0 spiro atoms. The van der Waals surface area contributed by atoms with Gasteiger partial charge in [0.2, 0.25) is 5.91 Å². The highest BCUT2D eigenvalue weighted by Gasteiger charge is 2.46. The van der Waals surface area contributed by atoms with Crippen LogP contribution in [-0.4, -0.2) is 48.4 Å². The fourth-order valence-corrected chi connectivity index (χ4v) is 3.14. The summed E-state index contributed by atoms with van der Waals surface area (Å²) in [5.41, 5.74) is 0. The Balaban J connectivity index is 2.14. The van der Waals surface area contributed by atoms with E-state index in [1.807, 2.05) is 0 Å². The molecule has 126 valence electrons. The Bertz CT molecular complexity index is 603. The number of alkyl halides is 2. The largest absolute Gasteiger partial charge is 0.492 e. The number of carbonyl (C=O) groups is 2. The molecular weight excluding hydrogens is 326 g/mol. The zero-order chi connectivity index (χ0) is 17.0. The van der Waals surface area contributed by atoms with Gasteiger partial charge in [-0.15, -0.1) is 11.3 Å². The number of amides is 2. The number of thiophene rings is 1. The molecule has 5 nitrogen and oxygen atoms in total. The quantitative estimate of drug-likeness (QED) is 0.834. The van der Waals surface area contributed by atoms with Gasteiger partial charge in [-0.25, -0.2) is 8.78 Å². The second-order valence-corrected chi connectivity index (χ2v) is 5.99. The lowest BCUT2D eigenvalue weighted by molar-refractivity contribution is -0.124. The summed E-state index contributed by atoms with van der Waals surface area (Å²) >= 11 is 1.20. The minimum atomic E-state index is -3.06. The van der Waals surface area contributed by atoms with Crippen LogP contribution in [0, 0.1) is 0 Å². The summed E-state index contributed by atoms with van der Waals surface area (Å²) in [5.74, 6) is -3.66. The third-order valence-corrected chi connectivity index (χ3v) is 4.42. The highest BCUT2D eigenvalue weighted by atomic mass is 32.1. The summed E-state index contributed by atoms with van der Waals surface area (Å²) in [5, 5.41) is 3.92. The van der Waals surface area contributed by atoms with Crippen molar-refractivity contribution in [1.29, 1.82) is 0 Å². The standard InChI is InChI=1S/C15H18F2N2O3S/c1-3-12(20)18-11-9-19(7-6-15(11,16)17)14(21)13-10(22-4-2)5-8-23-13/h3,5,8,11H,1,4,6-7,9H2,2H3,(H,18,20). The highest BCUT2D eigenvalue weighted by molar-refractivity contribution is 7.12. The van der Waals surface area contributed by atoms with Crippen molar-refractivity contribution in [1.82, 2.24) is 10.2 Å². The summed E-state index contributed by atoms with van der Waals surface area (Å²) in [4.78, 5) is 25.6. The molecule has 1 fully saturated rings. The van der Waals surface area contributed by atoms with Crippen LogP contribution in [0.4, 0.5) is 8.78 Å². The third kappa shape index (κ3) is 3.87. The van der Waals surface area contributed by atoms with Crippen LogP contribution in [0.1, 0.15) is 23.0 Å². The lowest BCUT2D eigenvalue weighted by Gasteiger charge is -2.38. The van der Waals surface area contributed by atoms with Crippen molar-refractivity contribution in [3.63, 3.8) is 0 Å². The predicted molar refractivity (Wildman–Crippen MR) is 83.1 cm³/mol. The van der Waals surface area contributed by atoms with Gasteiger partial charge >= 0.3 is 0 Å². The highest BCUT2D eigenvalue weighted by Crippen LogP contribution is 2.32. The minimum Gasteiger partial charge on any atom is -0.492 e. The molecule has 8 heteroatoms. The molecule has 1 atom stereocenters. The molecule has 1 N–H and O–H groups in total. The van der Waals surface area contributed by atoms with E-state index in [4.69, 9.17) is 4.74 Å². The summed E-state index contributed by atoms with van der Waals surface area (Å²) in [6.07, 6.45) is 0.430. The molecule has 0 aromatic carbocycles. The number of nitrogens with zero attached hydrogens (tertiary/aromatic N) is 1. The third-order valence-electron chi connectivity index (χ3n) is 3.54. The van der Waals surface area contributed by atoms with E-state index in [1.165, 1.54) is 16.2 Å². The van der Waals surface area contributed by atoms with Crippen molar-refractivity contribution < 1.29 is 23.1 Å². The summed E-state index contributed by atoms with van der Waals surface area (Å²) < 4.78 is 33.2. The monoisotopic (exact) mass is 344 g/mol. The van der Waals surface area contributed by atoms with Crippen LogP contribution >= 0.6 is 11.3 Å². The number of piperidine rings is 1. The number of ether oxygens (including phenoxy) is 1. The van der Waals surface area contributed by atoms with Gasteiger partial charge in [0.25, 0.3) is 11.8 Å². The van der Waals surface area contributed by atoms with E-state index in [1.54, 1.807) is 18.4 Å². The number of likely N-dealkylation sites (tertiary alicyclic amines) is 1. The zero-order valence-corrected chi connectivity index (χ0v) is 13.5. The predicted octanol–water partition coefficient (Wildman–Crippen LogP) is 2.30. The molecule has 2 rings (SSSR count). The molecule has 1 aromatic rings. The lowest BCUT2D eigenvalue weighted by atomic mass is 10.0. The molecule has 0 saturated carbocycles. The molecular formula is C15H18F2N2O3S. The van der Waals surface area contributed by atoms with Crippen LogP contribution in [-0.2, 0) is 4.79 Å². The Morgan fingerprint density at radius 3 is 3.00 bits per heavy atom. The molecule has 1 unspecified atom stereocenters. The number of hydrogen-bond acceptors (Lipinski definition) is 4. The maximum Gasteiger partial charge on any atom is 0.271 e. The van der Waals surface area contributed by atoms with Gasteiger partial charge in [-0.3, -0.25) is 9.59 Å². The van der Waals surface area contributed by atoms with Gasteiger partial charge in [0.1, 0.15) is 16.7 Å². The number of nitrogens with one attached hydrogen (secondary N) is 1. The average Bonchev–Trinajstić information content (AvgIpc) is 2.97. The van der Waals surface area contributed by atoms with Crippen LogP contribution in [0.25, 0.3) is 0 Å². The first-order valence-corrected chi connectivity index (χ1v) is 8.07. The first-order chi connectivity index (χ1) is 10.9. The fraction of sp³-hybridized carbons (Fsp3) is 0.467. The smallest absolute Gasteiger partial charge is 0.271 e. The van der Waals surface area contributed by atoms with Gasteiger partial charge in [0.05, 0.1) is 6.61 Å². The summed E-state index contributed by atoms with van der Waals surface area (Å²) in [6, 6.07) is 0.248. The van der Waals surface area contributed by atoms with E-state index < -0.39 is 24.3 Å². The molecule has 0 bridgehead atoms. The van der Waals surface area contributed by atoms with E-state index in [2.05, 4.69) is 11.9 Å². The molecule has 0 radical (unpaired) electrons. The number of rotatable bonds is 5. The molecule has 1 saturated heterocycles. The Hall–Kier alpha value is -1.96. The van der Waals surface area contributed by atoms with Crippen LogP contribution in [0.5, 0.6) is 5.75 Å². The number of hydrogen-bond donors (Lipinski definition) is 1. The van der Waals surface area contributed by atoms with E-state index in [-0.39, 0.29) is 19.0 Å². The second kappa shape index (κ2) is 7.08. The molecule has 0 aliphatic carbocycles. The maximum atomic E-state index is 13.9. The maximum absolute atomic E-state index is 13.9. The van der Waals surface area contributed by atoms with Crippen LogP contribution in [0.2, 0.25) is 0 Å². The van der Waals surface area contributed by atoms with E-state index >= 15 is 0 Å². The van der Waals surface area contributed by atoms with E-state index in [0.29, 0.717) is 17.2 Å². The lowest BCUT2D eigenvalue weighted by Crippen LogP contribution is -2.59. The fourth-order valence-electron chi connectivity index (χ4n) is 2.34. The van der Waals surface area contributed by atoms with Crippen molar-refractivity contribution >= 4 is 23.2 Å². The Morgan fingerprint density at radius 1 is 1.61 bits per heavy atom. The molecule has 1 aliphatic heterocycles. The van der Waals surface area contributed by atoms with Crippen molar-refractivity contribution in [2.24, 2.45) is 0 Å². The van der Waals surface area contributed by atoms with Crippen LogP contribution in [0.3, 0.4) is 0 Å². The van der Waals surface area contributed by atoms with Gasteiger partial charge in [-0.05, 0) is 24.4 Å². The number of halogens is 2.